The molecule has 0 bridgehead atoms. The quantitative estimate of drug-likeness (QED) is 0.208. The molecule has 5 nitrogen and oxygen atoms in total. The van der Waals surface area contributed by atoms with Crippen LogP contribution in [0.15, 0.2) is 138 Å². The van der Waals surface area contributed by atoms with Crippen LogP contribution in [0.3, 0.4) is 0 Å². The highest BCUT2D eigenvalue weighted by atomic mass is 16.3. The van der Waals surface area contributed by atoms with Crippen LogP contribution in [0, 0.1) is 0 Å². The summed E-state index contributed by atoms with van der Waals surface area (Å²) in [4.78, 5) is 15.1. The third-order valence-corrected chi connectivity index (χ3v) is 9.03. The highest BCUT2D eigenvalue weighted by molar-refractivity contribution is 6.05. The predicted octanol–water partition coefficient (Wildman–Crippen LogP) is 9.96. The van der Waals surface area contributed by atoms with Gasteiger partial charge in [-0.25, -0.2) is 15.0 Å². The maximum absolute atomic E-state index is 6.32. The summed E-state index contributed by atoms with van der Waals surface area (Å²) < 4.78 is 8.72. The van der Waals surface area contributed by atoms with Crippen LogP contribution in [0.4, 0.5) is 0 Å². The van der Waals surface area contributed by atoms with Gasteiger partial charge in [-0.2, -0.15) is 0 Å². The Morgan fingerprint density at radius 2 is 1.22 bits per heavy atom. The first kappa shape index (κ1) is 25.7. The molecule has 3 heterocycles. The van der Waals surface area contributed by atoms with Crippen LogP contribution >= 0.6 is 0 Å². The van der Waals surface area contributed by atoms with Crippen LogP contribution in [-0.2, 0) is 0 Å². The number of rotatable bonds is 4. The van der Waals surface area contributed by atoms with Gasteiger partial charge in [0.25, 0.3) is 0 Å². The van der Waals surface area contributed by atoms with Crippen molar-refractivity contribution in [2.24, 2.45) is 0 Å². The number of hydrogen-bond acceptors (Lipinski definition) is 4. The highest BCUT2D eigenvalue weighted by Gasteiger charge is 2.32. The number of benzene rings is 5. The molecule has 45 heavy (non-hydrogen) atoms. The van der Waals surface area contributed by atoms with Gasteiger partial charge < -0.3 is 8.98 Å². The summed E-state index contributed by atoms with van der Waals surface area (Å²) in [5.41, 5.74) is 8.44. The van der Waals surface area contributed by atoms with Crippen molar-refractivity contribution in [3.05, 3.63) is 151 Å². The fraction of sp³-hybridized carbons (Fsp3) is 0.0750. The van der Waals surface area contributed by atoms with Crippen molar-refractivity contribution in [1.82, 2.24) is 19.5 Å². The van der Waals surface area contributed by atoms with E-state index in [2.05, 4.69) is 103 Å². The van der Waals surface area contributed by atoms with E-state index in [9.17, 15) is 0 Å². The van der Waals surface area contributed by atoms with Gasteiger partial charge >= 0.3 is 0 Å². The number of fused-ring (bicyclic) bond motifs is 6. The zero-order chi connectivity index (χ0) is 29.9. The van der Waals surface area contributed by atoms with Gasteiger partial charge in [0.1, 0.15) is 17.0 Å². The van der Waals surface area contributed by atoms with E-state index >= 15 is 0 Å². The zero-order valence-corrected chi connectivity index (χ0v) is 24.6. The second-order valence-corrected chi connectivity index (χ2v) is 11.7. The molecule has 214 valence electrons. The molecule has 1 aliphatic rings. The van der Waals surface area contributed by atoms with Crippen LogP contribution in [0.2, 0.25) is 0 Å². The first-order valence-corrected chi connectivity index (χ1v) is 15.3. The highest BCUT2D eigenvalue weighted by Crippen LogP contribution is 2.45. The summed E-state index contributed by atoms with van der Waals surface area (Å²) in [5, 5.41) is 3.48. The van der Waals surface area contributed by atoms with Crippen molar-refractivity contribution >= 4 is 38.9 Å². The van der Waals surface area contributed by atoms with E-state index < -0.39 is 0 Å². The number of allylic oxidation sites excluding steroid dienone is 1. The van der Waals surface area contributed by atoms with Crippen molar-refractivity contribution in [2.75, 3.05) is 0 Å². The van der Waals surface area contributed by atoms with Gasteiger partial charge in [0.2, 0.25) is 0 Å². The van der Waals surface area contributed by atoms with Gasteiger partial charge in [0.05, 0.1) is 5.52 Å². The molecule has 2 unspecified atom stereocenters. The molecular weight excluding hydrogens is 552 g/mol. The van der Waals surface area contributed by atoms with Gasteiger partial charge in [0.15, 0.2) is 11.6 Å². The van der Waals surface area contributed by atoms with E-state index in [0.29, 0.717) is 11.6 Å². The summed E-state index contributed by atoms with van der Waals surface area (Å²) in [5.74, 6) is 2.16. The molecule has 0 aliphatic heterocycles. The molecule has 5 heteroatoms. The summed E-state index contributed by atoms with van der Waals surface area (Å²) >= 11 is 0. The first-order chi connectivity index (χ1) is 22.2. The molecule has 3 aromatic heterocycles. The Kier molecular flexibility index (Phi) is 5.78. The number of furan rings is 1. The first-order valence-electron chi connectivity index (χ1n) is 15.3. The van der Waals surface area contributed by atoms with Gasteiger partial charge in [-0.15, -0.1) is 0 Å². The van der Waals surface area contributed by atoms with Gasteiger partial charge in [-0.3, -0.25) is 0 Å². The summed E-state index contributed by atoms with van der Waals surface area (Å²) in [6.07, 6.45) is 4.53. The van der Waals surface area contributed by atoms with Crippen LogP contribution in [0.5, 0.6) is 0 Å². The van der Waals surface area contributed by atoms with Crippen LogP contribution in [0.25, 0.3) is 67.4 Å². The number of aromatic nitrogens is 4. The summed E-state index contributed by atoms with van der Waals surface area (Å²) in [6.45, 7) is 2.29. The molecule has 0 spiro atoms. The minimum absolute atomic E-state index is 0.0524. The van der Waals surface area contributed by atoms with Gasteiger partial charge in [-0.05, 0) is 24.3 Å². The van der Waals surface area contributed by atoms with Crippen LogP contribution in [-0.4, -0.2) is 19.5 Å². The maximum atomic E-state index is 6.32. The van der Waals surface area contributed by atoms with E-state index in [1.165, 1.54) is 22.2 Å². The summed E-state index contributed by atoms with van der Waals surface area (Å²) in [7, 11) is 0. The second-order valence-electron chi connectivity index (χ2n) is 11.7. The second kappa shape index (κ2) is 10.1. The Balaban J connectivity index is 1.23. The van der Waals surface area contributed by atoms with E-state index in [-0.39, 0.29) is 11.8 Å². The molecule has 0 saturated carbocycles. The van der Waals surface area contributed by atoms with Crippen molar-refractivity contribution < 1.29 is 4.42 Å². The topological polar surface area (TPSA) is 56.7 Å². The maximum Gasteiger partial charge on any atom is 0.163 e. The standard InChI is InChI=1S/C40H28N4O/c1-25-29(40-42-38(26-12-4-2-5-13-26)41-39(43-40)27-14-6-3-7-15-27)22-23-33-30-16-8-10-18-34(30)44(37(25)33)28-20-21-32-31-17-9-11-19-35(31)45-36(32)24-28/h2-25,29H,1H3. The van der Waals surface area contributed by atoms with E-state index in [1.807, 2.05) is 48.5 Å². The monoisotopic (exact) mass is 580 g/mol. The van der Waals surface area contributed by atoms with E-state index in [4.69, 9.17) is 19.4 Å². The lowest BCUT2D eigenvalue weighted by molar-refractivity contribution is 0.607. The van der Waals surface area contributed by atoms with Crippen LogP contribution in [0.1, 0.15) is 35.8 Å². The summed E-state index contributed by atoms with van der Waals surface area (Å²) in [6, 6.07) is 43.8. The Morgan fingerprint density at radius 1 is 0.600 bits per heavy atom. The third kappa shape index (κ3) is 4.12. The van der Waals surface area contributed by atoms with Gasteiger partial charge in [0, 0.05) is 62.1 Å². The normalized spacial score (nSPS) is 16.0. The third-order valence-electron chi connectivity index (χ3n) is 9.03. The Labute approximate surface area is 260 Å². The average Bonchev–Trinajstić information content (AvgIpc) is 3.65. The largest absolute Gasteiger partial charge is 0.456 e. The molecule has 5 aromatic carbocycles. The molecule has 0 N–H and O–H groups in total. The number of nitrogens with zero attached hydrogens (tertiary/aromatic N) is 4. The molecule has 0 saturated heterocycles. The Hall–Kier alpha value is -5.81. The van der Waals surface area contributed by atoms with Crippen molar-refractivity contribution in [3.63, 3.8) is 0 Å². The lowest BCUT2D eigenvalue weighted by Crippen LogP contribution is -2.18. The Bertz CT molecular complexity index is 2350. The number of hydrogen-bond donors (Lipinski definition) is 0. The lowest BCUT2D eigenvalue weighted by Gasteiger charge is -2.27. The molecule has 0 amide bonds. The predicted molar refractivity (Wildman–Crippen MR) is 181 cm³/mol. The number of para-hydroxylation sites is 2. The molecule has 0 radical (unpaired) electrons. The fourth-order valence-corrected chi connectivity index (χ4v) is 6.86. The van der Waals surface area contributed by atoms with E-state index in [0.717, 1.165) is 44.6 Å². The van der Waals surface area contributed by atoms with Gasteiger partial charge in [-0.1, -0.05) is 116 Å². The minimum atomic E-state index is -0.0524. The smallest absolute Gasteiger partial charge is 0.163 e. The van der Waals surface area contributed by atoms with Crippen molar-refractivity contribution in [1.29, 1.82) is 0 Å². The van der Waals surface area contributed by atoms with Crippen molar-refractivity contribution in [3.8, 4) is 28.5 Å². The van der Waals surface area contributed by atoms with E-state index in [1.54, 1.807) is 0 Å². The van der Waals surface area contributed by atoms with Crippen LogP contribution < -0.4 is 0 Å². The Morgan fingerprint density at radius 3 is 1.96 bits per heavy atom. The SMILES string of the molecule is CC1c2c(c3ccccc3n2-c2ccc3c(c2)oc2ccccc23)C=CC1c1nc(-c2ccccc2)nc(-c2ccccc2)n1. The molecule has 2 atom stereocenters. The van der Waals surface area contributed by atoms with Crippen molar-refractivity contribution in [2.45, 2.75) is 18.8 Å². The average molecular weight is 581 g/mol. The molecule has 1 aliphatic carbocycles. The molecule has 0 fully saturated rings. The molecular formula is C40H28N4O. The zero-order valence-electron chi connectivity index (χ0n) is 24.6. The molecule has 9 rings (SSSR count). The lowest BCUT2D eigenvalue weighted by atomic mass is 9.83. The minimum Gasteiger partial charge on any atom is -0.456 e. The fourth-order valence-electron chi connectivity index (χ4n) is 6.86. The molecule has 8 aromatic rings.